The highest BCUT2D eigenvalue weighted by molar-refractivity contribution is 6.26. The van der Waals surface area contributed by atoms with Gasteiger partial charge < -0.3 is 24.2 Å². The lowest BCUT2D eigenvalue weighted by Gasteiger charge is -2.29. The Hall–Kier alpha value is -14.1. The predicted octanol–water partition coefficient (Wildman–Crippen LogP) is 6.24. The van der Waals surface area contributed by atoms with Crippen LogP contribution in [-0.4, -0.2) is 218 Å². The summed E-state index contributed by atoms with van der Waals surface area (Å²) in [6.07, 6.45) is 3.00. The van der Waals surface area contributed by atoms with Crippen LogP contribution in [0.5, 0.6) is 0 Å². The van der Waals surface area contributed by atoms with Crippen molar-refractivity contribution < 1.29 is 110 Å². The summed E-state index contributed by atoms with van der Waals surface area (Å²) in [6.45, 7) is 17.3. The molecule has 21 amide bonds. The van der Waals surface area contributed by atoms with E-state index >= 15 is 0 Å². The normalized spacial score (nSPS) is 20.7. The smallest absolute Gasteiger partial charge is 0.262 e. The molecule has 6 atom stereocenters. The second-order valence-corrected chi connectivity index (χ2v) is 28.0. The van der Waals surface area contributed by atoms with Crippen molar-refractivity contribution in [2.45, 2.75) is 188 Å². The molecule has 18 rings (SSSR count). The van der Waals surface area contributed by atoms with Gasteiger partial charge in [0.25, 0.3) is 53.2 Å². The third kappa shape index (κ3) is 22.6. The molecule has 0 spiro atoms. The summed E-state index contributed by atoms with van der Waals surface area (Å²) in [7, 11) is 6.50. The monoisotopic (exact) mass is 1720 g/mol. The van der Waals surface area contributed by atoms with E-state index in [9.17, 15) is 101 Å². The maximum absolute atomic E-state index is 12.2. The number of carbonyl (C=O) groups is 21. The summed E-state index contributed by atoms with van der Waals surface area (Å²) in [6, 6.07) is 37.1. The van der Waals surface area contributed by atoms with Gasteiger partial charge in [-0.05, 0) is 110 Å². The number of piperidine rings is 6. The standard InChI is InChI=1S/3C13H10N2O4.3C13H12N2O3.2C2H6O.4C2H6/c3*16-10-6-5-9(11(17)14-10)15-12(18)7-3-1-2-4-8(7)13(15)19;3*16-11-6-5-10(12(17)14-11)15-7-8-3-1-2-4-9(8)13(15)18;2*1-3-2;4*1-2/h3*1-4,9H,5-6H2,(H,14,16,17);3*1-4,10H,5-7H2,(H,14,16,17);2*1-2H3;4*1-2H3. The second-order valence-electron chi connectivity index (χ2n) is 28.0. The molecule has 35 nitrogen and oxygen atoms in total. The van der Waals surface area contributed by atoms with Crippen molar-refractivity contribution in [3.63, 3.8) is 0 Å². The Morgan fingerprint density at radius 1 is 0.216 bits per heavy atom. The van der Waals surface area contributed by atoms with Crippen LogP contribution in [0.3, 0.4) is 0 Å². The number of ether oxygens (including phenoxy) is 2. The Morgan fingerprint density at radius 2 is 0.360 bits per heavy atom. The third-order valence-corrected chi connectivity index (χ3v) is 20.3. The van der Waals surface area contributed by atoms with Gasteiger partial charge in [-0.25, -0.2) is 0 Å². The van der Waals surface area contributed by atoms with Crippen LogP contribution >= 0.6 is 0 Å². The van der Waals surface area contributed by atoms with Crippen molar-refractivity contribution in [1.82, 2.24) is 61.3 Å². The van der Waals surface area contributed by atoms with Gasteiger partial charge >= 0.3 is 0 Å². The first kappa shape index (κ1) is 98.0. The van der Waals surface area contributed by atoms with Crippen LogP contribution in [0.4, 0.5) is 0 Å². The molecule has 0 aliphatic carbocycles. The molecule has 6 fully saturated rings. The molecule has 0 bridgehead atoms. The molecule has 12 aliphatic rings. The molecule has 12 aliphatic heterocycles. The van der Waals surface area contributed by atoms with Gasteiger partial charge in [0.1, 0.15) is 36.3 Å². The number of imide groups is 9. The van der Waals surface area contributed by atoms with Crippen LogP contribution in [0.25, 0.3) is 0 Å². The number of fused-ring (bicyclic) bond motifs is 6. The third-order valence-electron chi connectivity index (χ3n) is 20.3. The summed E-state index contributed by atoms with van der Waals surface area (Å²) >= 11 is 0. The number of hydrogen-bond donors (Lipinski definition) is 6. The van der Waals surface area contributed by atoms with E-state index in [1.54, 1.807) is 134 Å². The quantitative estimate of drug-likeness (QED) is 0.101. The van der Waals surface area contributed by atoms with E-state index in [-0.39, 0.29) is 129 Å². The topological polar surface area (TPSA) is 469 Å². The number of amides is 21. The first-order chi connectivity index (χ1) is 60.1. The van der Waals surface area contributed by atoms with Crippen LogP contribution in [0.2, 0.25) is 0 Å². The minimum Gasteiger partial charge on any atom is -0.388 e. The molecule has 6 N–H and O–H groups in total. The van der Waals surface area contributed by atoms with E-state index in [1.165, 1.54) is 0 Å². The van der Waals surface area contributed by atoms with Crippen molar-refractivity contribution >= 4 is 124 Å². The van der Waals surface area contributed by atoms with Crippen molar-refractivity contribution in [2.24, 2.45) is 0 Å². The summed E-state index contributed by atoms with van der Waals surface area (Å²) in [5.41, 5.74) is 6.59. The average Bonchev–Trinajstić information content (AvgIpc) is 1.64. The maximum atomic E-state index is 12.2. The van der Waals surface area contributed by atoms with Gasteiger partial charge in [0.15, 0.2) is 0 Å². The summed E-state index contributed by atoms with van der Waals surface area (Å²) < 4.78 is 8.50. The first-order valence-corrected chi connectivity index (χ1v) is 41.0. The molecule has 0 saturated carbocycles. The van der Waals surface area contributed by atoms with Gasteiger partial charge in [0.05, 0.1) is 33.4 Å². The molecule has 660 valence electrons. The number of nitrogens with zero attached hydrogens (tertiary/aromatic N) is 6. The van der Waals surface area contributed by atoms with Crippen LogP contribution in [-0.2, 0) is 86.6 Å². The lowest BCUT2D eigenvalue weighted by Crippen LogP contribution is -2.54. The highest BCUT2D eigenvalue weighted by Gasteiger charge is 2.49. The number of benzene rings is 6. The van der Waals surface area contributed by atoms with Crippen LogP contribution in [0.15, 0.2) is 146 Å². The molecule has 6 aromatic rings. The lowest BCUT2D eigenvalue weighted by molar-refractivity contribution is -0.138. The van der Waals surface area contributed by atoms with Gasteiger partial charge in [0.2, 0.25) is 70.9 Å². The summed E-state index contributed by atoms with van der Waals surface area (Å²) in [5.74, 6) is -8.04. The Bertz CT molecular complexity index is 4590. The van der Waals surface area contributed by atoms with Crippen molar-refractivity contribution in [3.05, 3.63) is 212 Å². The maximum Gasteiger partial charge on any atom is 0.262 e. The fourth-order valence-electron chi connectivity index (χ4n) is 14.8. The average molecular weight is 1720 g/mol. The molecule has 0 radical (unpaired) electrons. The van der Waals surface area contributed by atoms with Gasteiger partial charge in [-0.2, -0.15) is 0 Å². The zero-order valence-corrected chi connectivity index (χ0v) is 71.5. The van der Waals surface area contributed by atoms with Gasteiger partial charge in [-0.1, -0.05) is 146 Å². The Kier molecular flexibility index (Phi) is 36.3. The van der Waals surface area contributed by atoms with Crippen molar-refractivity contribution in [2.75, 3.05) is 28.4 Å². The molecular formula is C90H102N12O23. The Labute approximate surface area is 721 Å². The minimum absolute atomic E-state index is 0.125. The fourth-order valence-corrected chi connectivity index (χ4v) is 14.8. The van der Waals surface area contributed by atoms with Gasteiger partial charge in [-0.15, -0.1) is 0 Å². The van der Waals surface area contributed by atoms with E-state index in [0.717, 1.165) is 31.4 Å². The van der Waals surface area contributed by atoms with Crippen LogP contribution in [0, 0.1) is 0 Å². The number of carbonyl (C=O) groups excluding carboxylic acids is 21. The predicted molar refractivity (Wildman–Crippen MR) is 448 cm³/mol. The molecule has 0 aromatic heterocycles. The summed E-state index contributed by atoms with van der Waals surface area (Å²) in [4.78, 5) is 254. The largest absolute Gasteiger partial charge is 0.388 e. The van der Waals surface area contributed by atoms with Crippen molar-refractivity contribution in [3.8, 4) is 0 Å². The van der Waals surface area contributed by atoms with Gasteiger partial charge in [-0.3, -0.25) is 147 Å². The van der Waals surface area contributed by atoms with Crippen LogP contribution in [0.1, 0.15) is 242 Å². The number of nitrogens with one attached hydrogen (secondary N) is 6. The zero-order chi connectivity index (χ0) is 92.2. The molecule has 6 unspecified atom stereocenters. The molecule has 12 heterocycles. The molecule has 125 heavy (non-hydrogen) atoms. The Morgan fingerprint density at radius 3 is 0.512 bits per heavy atom. The highest BCUT2D eigenvalue weighted by Crippen LogP contribution is 2.34. The van der Waals surface area contributed by atoms with E-state index in [4.69, 9.17) is 0 Å². The zero-order valence-electron chi connectivity index (χ0n) is 71.5. The molecule has 6 saturated heterocycles. The van der Waals surface area contributed by atoms with E-state index in [1.807, 2.05) is 110 Å². The van der Waals surface area contributed by atoms with Gasteiger partial charge in [0, 0.05) is 103 Å². The van der Waals surface area contributed by atoms with E-state index in [0.29, 0.717) is 89.0 Å². The minimum atomic E-state index is -0.898. The first-order valence-electron chi connectivity index (χ1n) is 41.0. The van der Waals surface area contributed by atoms with Crippen LogP contribution < -0.4 is 31.9 Å². The highest BCUT2D eigenvalue weighted by atomic mass is 16.5. The lowest BCUT2D eigenvalue weighted by atomic mass is 10.0. The SMILES string of the molecule is CC.CC.CC.CC.COC.COC.O=C1CCC(N2C(=O)c3ccccc3C2=O)C(=O)N1.O=C1CCC(N2C(=O)c3ccccc3C2=O)C(=O)N1.O=C1CCC(N2C(=O)c3ccccc3C2=O)C(=O)N1.O=C1CCC(N2Cc3ccccc3C2=O)C(=O)N1.O=C1CCC(N2Cc3ccccc3C2=O)C(=O)N1.O=C1CCC(N2Cc3ccccc3C2=O)C(=O)N1. The molecular weight excluding hydrogens is 1620 g/mol. The fraction of sp³-hybridized carbons (Fsp3) is 0.367. The molecule has 6 aromatic carbocycles. The number of hydrogen-bond acceptors (Lipinski definition) is 23. The number of methoxy groups -OCH3 is 2. The summed E-state index contributed by atoms with van der Waals surface area (Å²) in [5, 5.41) is 13.3. The Balaban J connectivity index is 0.000000200. The molecule has 35 heteroatoms. The number of rotatable bonds is 6. The second kappa shape index (κ2) is 46.2. The van der Waals surface area contributed by atoms with E-state index < -0.39 is 89.4 Å². The van der Waals surface area contributed by atoms with E-state index in [2.05, 4.69) is 41.4 Å². The van der Waals surface area contributed by atoms with Crippen molar-refractivity contribution in [1.29, 1.82) is 0 Å².